The van der Waals surface area contributed by atoms with Gasteiger partial charge in [-0.2, -0.15) is 0 Å². The van der Waals surface area contributed by atoms with E-state index in [1.807, 2.05) is 49.4 Å². The second-order valence-corrected chi connectivity index (χ2v) is 5.51. The van der Waals surface area contributed by atoms with Crippen molar-refractivity contribution in [1.29, 1.82) is 0 Å². The van der Waals surface area contributed by atoms with E-state index in [1.165, 1.54) is 11.1 Å². The van der Waals surface area contributed by atoms with Gasteiger partial charge in [-0.25, -0.2) is 0 Å². The van der Waals surface area contributed by atoms with Crippen LogP contribution in [-0.2, 0) is 6.42 Å². The smallest absolute Gasteiger partial charge is 0.129 e. The maximum atomic E-state index is 10.6. The third-order valence-electron chi connectivity index (χ3n) is 3.94. The van der Waals surface area contributed by atoms with Crippen LogP contribution in [0, 0.1) is 6.92 Å². The monoisotopic (exact) mass is 268 g/mol. The molecule has 0 heterocycles. The summed E-state index contributed by atoms with van der Waals surface area (Å²) in [5, 5.41) is 10.6. The molecule has 0 fully saturated rings. The predicted octanol–water partition coefficient (Wildman–Crippen LogP) is 3.81. The second kappa shape index (κ2) is 5.68. The highest BCUT2D eigenvalue weighted by molar-refractivity contribution is 5.32. The van der Waals surface area contributed by atoms with Crippen molar-refractivity contribution in [2.75, 3.05) is 0 Å². The first-order valence-electron chi connectivity index (χ1n) is 7.23. The van der Waals surface area contributed by atoms with Gasteiger partial charge < -0.3 is 9.84 Å². The van der Waals surface area contributed by atoms with Crippen molar-refractivity contribution in [3.8, 4) is 5.75 Å². The zero-order valence-electron chi connectivity index (χ0n) is 11.8. The molecule has 0 saturated carbocycles. The minimum absolute atomic E-state index is 0.166. The maximum Gasteiger partial charge on any atom is 0.129 e. The minimum atomic E-state index is -0.547. The van der Waals surface area contributed by atoms with E-state index in [-0.39, 0.29) is 6.10 Å². The van der Waals surface area contributed by atoms with Crippen LogP contribution < -0.4 is 4.74 Å². The van der Waals surface area contributed by atoms with E-state index in [2.05, 4.69) is 6.07 Å². The van der Waals surface area contributed by atoms with Gasteiger partial charge in [-0.1, -0.05) is 36.4 Å². The van der Waals surface area contributed by atoms with Crippen molar-refractivity contribution < 1.29 is 9.84 Å². The van der Waals surface area contributed by atoms with Crippen molar-refractivity contribution >= 4 is 0 Å². The Balaban J connectivity index is 1.84. The number of benzene rings is 2. The number of aliphatic hydroxyl groups excluding tert-OH is 1. The van der Waals surface area contributed by atoms with Gasteiger partial charge >= 0.3 is 0 Å². The molecule has 0 aromatic heterocycles. The Morgan fingerprint density at radius 2 is 1.95 bits per heavy atom. The highest BCUT2D eigenvalue weighted by Gasteiger charge is 2.27. The number of aliphatic hydroxyl groups is 1. The van der Waals surface area contributed by atoms with Gasteiger partial charge in [0.25, 0.3) is 0 Å². The molecule has 2 aromatic rings. The number of aryl methyl sites for hydroxylation is 2. The molecule has 104 valence electrons. The van der Waals surface area contributed by atoms with Crippen LogP contribution in [0.4, 0.5) is 0 Å². The van der Waals surface area contributed by atoms with Gasteiger partial charge in [0.05, 0.1) is 0 Å². The van der Waals surface area contributed by atoms with Gasteiger partial charge in [0, 0.05) is 0 Å². The first kappa shape index (κ1) is 13.2. The SMILES string of the molecule is Cc1cccc(OC2CCCc3ccccc3C2O)c1. The van der Waals surface area contributed by atoms with Crippen LogP contribution in [0.5, 0.6) is 5.75 Å². The standard InChI is InChI=1S/C18H20O2/c1-13-6-4-9-15(12-13)20-17-11-5-8-14-7-2-3-10-16(14)18(17)19/h2-4,6-7,9-10,12,17-19H,5,8,11H2,1H3. The van der Waals surface area contributed by atoms with Crippen LogP contribution in [0.1, 0.15) is 35.6 Å². The van der Waals surface area contributed by atoms with E-state index < -0.39 is 6.10 Å². The van der Waals surface area contributed by atoms with E-state index in [4.69, 9.17) is 4.74 Å². The summed E-state index contributed by atoms with van der Waals surface area (Å²) in [5.41, 5.74) is 3.43. The molecule has 1 aliphatic rings. The van der Waals surface area contributed by atoms with E-state index >= 15 is 0 Å². The lowest BCUT2D eigenvalue weighted by Crippen LogP contribution is -2.24. The fraction of sp³-hybridized carbons (Fsp3) is 0.333. The molecule has 1 aliphatic carbocycles. The van der Waals surface area contributed by atoms with E-state index in [0.29, 0.717) is 0 Å². The van der Waals surface area contributed by atoms with Crippen LogP contribution in [0.25, 0.3) is 0 Å². The van der Waals surface area contributed by atoms with Gasteiger partial charge in [0.15, 0.2) is 0 Å². The molecule has 0 radical (unpaired) electrons. The molecule has 2 aromatic carbocycles. The molecular formula is C18H20O2. The lowest BCUT2D eigenvalue weighted by Gasteiger charge is -2.23. The molecule has 2 atom stereocenters. The summed E-state index contributed by atoms with van der Waals surface area (Å²) >= 11 is 0. The Labute approximate surface area is 120 Å². The normalized spacial score (nSPS) is 21.9. The van der Waals surface area contributed by atoms with E-state index in [0.717, 1.165) is 30.6 Å². The number of hydrogen-bond donors (Lipinski definition) is 1. The average Bonchev–Trinajstić information content (AvgIpc) is 2.60. The van der Waals surface area contributed by atoms with Crippen molar-refractivity contribution in [3.05, 3.63) is 65.2 Å². The fourth-order valence-electron chi connectivity index (χ4n) is 2.89. The topological polar surface area (TPSA) is 29.5 Å². The van der Waals surface area contributed by atoms with Crippen LogP contribution in [0.15, 0.2) is 48.5 Å². The molecule has 2 heteroatoms. The van der Waals surface area contributed by atoms with Crippen molar-refractivity contribution in [1.82, 2.24) is 0 Å². The van der Waals surface area contributed by atoms with Crippen LogP contribution in [-0.4, -0.2) is 11.2 Å². The summed E-state index contributed by atoms with van der Waals surface area (Å²) in [7, 11) is 0. The largest absolute Gasteiger partial charge is 0.487 e. The van der Waals surface area contributed by atoms with Crippen molar-refractivity contribution in [3.63, 3.8) is 0 Å². The molecule has 2 nitrogen and oxygen atoms in total. The van der Waals surface area contributed by atoms with Crippen molar-refractivity contribution in [2.24, 2.45) is 0 Å². The van der Waals surface area contributed by atoms with Crippen LogP contribution >= 0.6 is 0 Å². The maximum absolute atomic E-state index is 10.6. The van der Waals surface area contributed by atoms with E-state index in [9.17, 15) is 5.11 Å². The Hall–Kier alpha value is -1.80. The molecule has 0 bridgehead atoms. The number of rotatable bonds is 2. The van der Waals surface area contributed by atoms with E-state index in [1.54, 1.807) is 0 Å². The molecule has 0 spiro atoms. The van der Waals surface area contributed by atoms with Crippen molar-refractivity contribution in [2.45, 2.75) is 38.4 Å². The molecule has 0 saturated heterocycles. The summed E-state index contributed by atoms with van der Waals surface area (Å²) in [6.45, 7) is 2.05. The highest BCUT2D eigenvalue weighted by Crippen LogP contribution is 2.31. The van der Waals surface area contributed by atoms with Gasteiger partial charge in [-0.05, 0) is 55.0 Å². The summed E-state index contributed by atoms with van der Waals surface area (Å²) in [4.78, 5) is 0. The number of hydrogen-bond acceptors (Lipinski definition) is 2. The van der Waals surface area contributed by atoms with Crippen LogP contribution in [0.2, 0.25) is 0 Å². The Morgan fingerprint density at radius 1 is 1.10 bits per heavy atom. The predicted molar refractivity (Wildman–Crippen MR) is 79.9 cm³/mol. The summed E-state index contributed by atoms with van der Waals surface area (Å²) in [6.07, 6.45) is 2.23. The van der Waals surface area contributed by atoms with Gasteiger partial charge in [0.2, 0.25) is 0 Å². The lowest BCUT2D eigenvalue weighted by molar-refractivity contribution is 0.0321. The first-order chi connectivity index (χ1) is 9.74. The zero-order valence-corrected chi connectivity index (χ0v) is 11.8. The Bertz CT molecular complexity index is 591. The van der Waals surface area contributed by atoms with Gasteiger partial charge in [-0.3, -0.25) is 0 Å². The summed E-state index contributed by atoms with van der Waals surface area (Å²) in [5.74, 6) is 0.841. The summed E-state index contributed by atoms with van der Waals surface area (Å²) in [6, 6.07) is 16.1. The van der Waals surface area contributed by atoms with Gasteiger partial charge in [0.1, 0.15) is 18.0 Å². The quantitative estimate of drug-likeness (QED) is 0.839. The molecule has 20 heavy (non-hydrogen) atoms. The van der Waals surface area contributed by atoms with Crippen LogP contribution in [0.3, 0.4) is 0 Å². The molecule has 2 unspecified atom stereocenters. The molecule has 0 amide bonds. The number of ether oxygens (including phenoxy) is 1. The average molecular weight is 268 g/mol. The minimum Gasteiger partial charge on any atom is -0.487 e. The van der Waals surface area contributed by atoms with Gasteiger partial charge in [-0.15, -0.1) is 0 Å². The lowest BCUT2D eigenvalue weighted by atomic mass is 10.0. The zero-order chi connectivity index (χ0) is 13.9. The molecule has 3 rings (SSSR count). The summed E-state index contributed by atoms with van der Waals surface area (Å²) < 4.78 is 6.04. The third kappa shape index (κ3) is 2.70. The number of fused-ring (bicyclic) bond motifs is 1. The second-order valence-electron chi connectivity index (χ2n) is 5.51. The highest BCUT2D eigenvalue weighted by atomic mass is 16.5. The third-order valence-corrected chi connectivity index (χ3v) is 3.94. The fourth-order valence-corrected chi connectivity index (χ4v) is 2.89. The molecular weight excluding hydrogens is 248 g/mol. The molecule has 0 aliphatic heterocycles. The molecule has 1 N–H and O–H groups in total. The first-order valence-corrected chi connectivity index (χ1v) is 7.23. The Morgan fingerprint density at radius 3 is 2.80 bits per heavy atom. The Kier molecular flexibility index (Phi) is 3.75.